The lowest BCUT2D eigenvalue weighted by atomic mass is 9.81. The van der Waals surface area contributed by atoms with Gasteiger partial charge in [-0.15, -0.1) is 0 Å². The van der Waals surface area contributed by atoms with Crippen molar-refractivity contribution in [2.24, 2.45) is 0 Å². The average molecular weight is 192 g/mol. The highest BCUT2D eigenvalue weighted by Gasteiger charge is 2.64. The Bertz CT molecular complexity index is 390. The highest BCUT2D eigenvalue weighted by molar-refractivity contribution is 5.40. The van der Waals surface area contributed by atoms with Gasteiger partial charge in [-0.25, -0.2) is 0 Å². The van der Waals surface area contributed by atoms with Crippen molar-refractivity contribution in [1.29, 1.82) is 0 Å². The molecule has 1 fully saturated rings. The molecule has 1 aliphatic heterocycles. The fourth-order valence-electron chi connectivity index (χ4n) is 2.34. The number of aliphatic hydroxyl groups excluding tert-OH is 2. The second-order valence-corrected chi connectivity index (χ2v) is 4.20. The standard InChI is InChI=1S/C11H12O3/c1-11-9(13)7-5-3-2-4-6(7)8(12)10(11)14-11/h2-5,8-10,12-13H,1H3. The Morgan fingerprint density at radius 3 is 2.57 bits per heavy atom. The van der Waals surface area contributed by atoms with Gasteiger partial charge in [-0.2, -0.15) is 0 Å². The molecule has 1 aliphatic carbocycles. The summed E-state index contributed by atoms with van der Waals surface area (Å²) in [6.07, 6.45) is -1.46. The lowest BCUT2D eigenvalue weighted by Crippen LogP contribution is -2.30. The quantitative estimate of drug-likeness (QED) is 0.601. The van der Waals surface area contributed by atoms with Gasteiger partial charge < -0.3 is 14.9 Å². The number of aliphatic hydroxyl groups is 2. The maximum absolute atomic E-state index is 10.0. The topological polar surface area (TPSA) is 53.0 Å². The monoisotopic (exact) mass is 192 g/mol. The Kier molecular flexibility index (Phi) is 1.42. The van der Waals surface area contributed by atoms with E-state index in [0.29, 0.717) is 0 Å². The van der Waals surface area contributed by atoms with Gasteiger partial charge in [-0.05, 0) is 18.1 Å². The molecule has 1 saturated heterocycles. The number of ether oxygens (including phenoxy) is 1. The number of hydrogen-bond acceptors (Lipinski definition) is 3. The minimum atomic E-state index is -0.618. The first-order chi connectivity index (χ1) is 6.64. The number of rotatable bonds is 0. The molecule has 74 valence electrons. The summed E-state index contributed by atoms with van der Waals surface area (Å²) in [6, 6.07) is 7.40. The van der Waals surface area contributed by atoms with Crippen molar-refractivity contribution >= 4 is 0 Å². The van der Waals surface area contributed by atoms with Crippen LogP contribution < -0.4 is 0 Å². The summed E-state index contributed by atoms with van der Waals surface area (Å²) in [6.45, 7) is 1.83. The van der Waals surface area contributed by atoms with E-state index in [1.807, 2.05) is 31.2 Å². The number of epoxide rings is 1. The molecule has 3 rings (SSSR count). The van der Waals surface area contributed by atoms with Gasteiger partial charge in [0.25, 0.3) is 0 Å². The first kappa shape index (κ1) is 8.41. The van der Waals surface area contributed by atoms with E-state index >= 15 is 0 Å². The van der Waals surface area contributed by atoms with Crippen LogP contribution in [0.3, 0.4) is 0 Å². The van der Waals surface area contributed by atoms with Crippen molar-refractivity contribution in [1.82, 2.24) is 0 Å². The van der Waals surface area contributed by atoms with E-state index in [1.165, 1.54) is 0 Å². The molecule has 0 aromatic heterocycles. The van der Waals surface area contributed by atoms with Crippen LogP contribution in [-0.2, 0) is 4.74 Å². The van der Waals surface area contributed by atoms with E-state index in [0.717, 1.165) is 11.1 Å². The second kappa shape index (κ2) is 2.37. The molecule has 0 radical (unpaired) electrons. The fraction of sp³-hybridized carbons (Fsp3) is 0.455. The van der Waals surface area contributed by atoms with Gasteiger partial charge in [0.2, 0.25) is 0 Å². The molecule has 4 unspecified atom stereocenters. The summed E-state index contributed by atoms with van der Waals surface area (Å²) < 4.78 is 5.37. The minimum Gasteiger partial charge on any atom is -0.386 e. The molecular formula is C11H12O3. The fourth-order valence-corrected chi connectivity index (χ4v) is 2.34. The Morgan fingerprint density at radius 1 is 1.21 bits per heavy atom. The summed E-state index contributed by atoms with van der Waals surface area (Å²) in [5, 5.41) is 19.9. The summed E-state index contributed by atoms with van der Waals surface area (Å²) in [4.78, 5) is 0. The van der Waals surface area contributed by atoms with E-state index in [9.17, 15) is 10.2 Å². The molecule has 2 aliphatic rings. The molecule has 2 N–H and O–H groups in total. The lowest BCUT2D eigenvalue weighted by molar-refractivity contribution is 0.0774. The van der Waals surface area contributed by atoms with Crippen molar-refractivity contribution < 1.29 is 14.9 Å². The zero-order chi connectivity index (χ0) is 9.92. The molecular weight excluding hydrogens is 180 g/mol. The van der Waals surface area contributed by atoms with E-state index in [-0.39, 0.29) is 6.10 Å². The SMILES string of the molecule is CC12OC1C(O)c1ccccc1C2O. The molecule has 0 bridgehead atoms. The zero-order valence-electron chi connectivity index (χ0n) is 7.84. The third-order valence-corrected chi connectivity index (χ3v) is 3.33. The summed E-state index contributed by atoms with van der Waals surface area (Å²) in [7, 11) is 0. The molecule has 1 aromatic carbocycles. The number of benzene rings is 1. The maximum atomic E-state index is 10.0. The third kappa shape index (κ3) is 0.823. The van der Waals surface area contributed by atoms with Crippen LogP contribution in [0.5, 0.6) is 0 Å². The third-order valence-electron chi connectivity index (χ3n) is 3.33. The number of fused-ring (bicyclic) bond motifs is 2. The van der Waals surface area contributed by atoms with E-state index < -0.39 is 17.8 Å². The van der Waals surface area contributed by atoms with Gasteiger partial charge in [0, 0.05) is 0 Å². The molecule has 1 aromatic rings. The second-order valence-electron chi connectivity index (χ2n) is 4.20. The van der Waals surface area contributed by atoms with Crippen molar-refractivity contribution in [3.63, 3.8) is 0 Å². The molecule has 4 atom stereocenters. The van der Waals surface area contributed by atoms with Crippen LogP contribution in [-0.4, -0.2) is 21.9 Å². The first-order valence-corrected chi connectivity index (χ1v) is 4.77. The van der Waals surface area contributed by atoms with Crippen LogP contribution in [0, 0.1) is 0 Å². The van der Waals surface area contributed by atoms with Crippen LogP contribution >= 0.6 is 0 Å². The molecule has 0 spiro atoms. The van der Waals surface area contributed by atoms with Crippen LogP contribution in [0.1, 0.15) is 30.3 Å². The highest BCUT2D eigenvalue weighted by Crippen LogP contribution is 2.56. The predicted molar refractivity (Wildman–Crippen MR) is 49.6 cm³/mol. The van der Waals surface area contributed by atoms with Gasteiger partial charge in [0.1, 0.15) is 23.9 Å². The minimum absolute atomic E-state index is 0.243. The van der Waals surface area contributed by atoms with Crippen molar-refractivity contribution in [2.75, 3.05) is 0 Å². The molecule has 14 heavy (non-hydrogen) atoms. The van der Waals surface area contributed by atoms with Gasteiger partial charge in [-0.1, -0.05) is 24.3 Å². The Balaban J connectivity index is 2.17. The Morgan fingerprint density at radius 2 is 1.86 bits per heavy atom. The van der Waals surface area contributed by atoms with Gasteiger partial charge in [-0.3, -0.25) is 0 Å². The van der Waals surface area contributed by atoms with E-state index in [4.69, 9.17) is 4.74 Å². The molecule has 0 amide bonds. The summed E-state index contributed by atoms with van der Waals surface area (Å²) in [5.41, 5.74) is 1.00. The van der Waals surface area contributed by atoms with Gasteiger partial charge in [0.15, 0.2) is 0 Å². The van der Waals surface area contributed by atoms with Crippen LogP contribution in [0.2, 0.25) is 0 Å². The van der Waals surface area contributed by atoms with Crippen LogP contribution in [0.15, 0.2) is 24.3 Å². The molecule has 3 heteroatoms. The molecule has 3 nitrogen and oxygen atoms in total. The van der Waals surface area contributed by atoms with Crippen LogP contribution in [0.4, 0.5) is 0 Å². The van der Waals surface area contributed by atoms with Crippen LogP contribution in [0.25, 0.3) is 0 Å². The van der Waals surface area contributed by atoms with Crippen molar-refractivity contribution in [2.45, 2.75) is 30.8 Å². The zero-order valence-corrected chi connectivity index (χ0v) is 7.84. The first-order valence-electron chi connectivity index (χ1n) is 4.77. The van der Waals surface area contributed by atoms with E-state index in [2.05, 4.69) is 0 Å². The maximum Gasteiger partial charge on any atom is 0.125 e. The summed E-state index contributed by atoms with van der Waals surface area (Å²) >= 11 is 0. The summed E-state index contributed by atoms with van der Waals surface area (Å²) in [5.74, 6) is 0. The van der Waals surface area contributed by atoms with Crippen molar-refractivity contribution in [3.05, 3.63) is 35.4 Å². The Hall–Kier alpha value is -0.900. The largest absolute Gasteiger partial charge is 0.386 e. The highest BCUT2D eigenvalue weighted by atomic mass is 16.6. The lowest BCUT2D eigenvalue weighted by Gasteiger charge is -2.26. The average Bonchev–Trinajstić information content (AvgIpc) is 2.89. The Labute approximate surface area is 81.9 Å². The van der Waals surface area contributed by atoms with E-state index in [1.54, 1.807) is 0 Å². The molecule has 1 heterocycles. The smallest absolute Gasteiger partial charge is 0.125 e. The normalized spacial score (nSPS) is 44.1. The van der Waals surface area contributed by atoms with Crippen molar-refractivity contribution in [3.8, 4) is 0 Å². The number of hydrogen-bond donors (Lipinski definition) is 2. The molecule has 0 saturated carbocycles. The van der Waals surface area contributed by atoms with Gasteiger partial charge >= 0.3 is 0 Å². The van der Waals surface area contributed by atoms with Gasteiger partial charge in [0.05, 0.1) is 0 Å². The predicted octanol–water partition coefficient (Wildman–Crippen LogP) is 0.924.